The van der Waals surface area contributed by atoms with Crippen molar-refractivity contribution in [2.45, 2.75) is 13.0 Å². The standard InChI is InChI=1S/C25H23ClN2O5S/c1-15-21(24(30)33-13-12-31-2)22(17-9-5-6-10-18(17)26)28-23(29)20(34-25(28)27-15)14-16-8-4-7-11-19(16)32-3/h4-11,14,22H,12-13H2,1-3H3/b20-14-. The quantitative estimate of drug-likeness (QED) is 0.369. The zero-order valence-corrected chi connectivity index (χ0v) is 20.5. The predicted molar refractivity (Wildman–Crippen MR) is 131 cm³/mol. The van der Waals surface area contributed by atoms with Gasteiger partial charge in [-0.15, -0.1) is 0 Å². The number of para-hydroxylation sites is 1. The number of hydrogen-bond acceptors (Lipinski definition) is 7. The van der Waals surface area contributed by atoms with Crippen LogP contribution in [-0.2, 0) is 14.3 Å². The van der Waals surface area contributed by atoms with Crippen LogP contribution in [0.5, 0.6) is 5.75 Å². The maximum Gasteiger partial charge on any atom is 0.338 e. The van der Waals surface area contributed by atoms with E-state index in [0.29, 0.717) is 31.4 Å². The van der Waals surface area contributed by atoms with Crippen molar-refractivity contribution in [3.05, 3.63) is 95.6 Å². The molecule has 0 N–H and O–H groups in total. The summed E-state index contributed by atoms with van der Waals surface area (Å²) in [5, 5.41) is 0.434. The number of carbonyl (C=O) groups is 1. The molecule has 4 rings (SSSR count). The van der Waals surface area contributed by atoms with Crippen LogP contribution in [0.4, 0.5) is 0 Å². The van der Waals surface area contributed by atoms with Gasteiger partial charge in [-0.2, -0.15) is 0 Å². The molecule has 1 aromatic heterocycles. The van der Waals surface area contributed by atoms with Gasteiger partial charge in [0, 0.05) is 17.7 Å². The van der Waals surface area contributed by atoms with Gasteiger partial charge in [0.2, 0.25) is 0 Å². The lowest BCUT2D eigenvalue weighted by Crippen LogP contribution is -2.40. The molecule has 0 fully saturated rings. The number of thiazole rings is 1. The van der Waals surface area contributed by atoms with Crippen molar-refractivity contribution in [1.82, 2.24) is 4.57 Å². The first-order valence-corrected chi connectivity index (χ1v) is 11.7. The Labute approximate surface area is 205 Å². The van der Waals surface area contributed by atoms with Gasteiger partial charge in [-0.1, -0.05) is 59.3 Å². The van der Waals surface area contributed by atoms with E-state index in [1.165, 1.54) is 23.0 Å². The second-order valence-corrected chi connectivity index (χ2v) is 8.89. The molecular formula is C25H23ClN2O5S. The highest BCUT2D eigenvalue weighted by molar-refractivity contribution is 7.07. The molecule has 2 aromatic carbocycles. The topological polar surface area (TPSA) is 79.1 Å². The molecule has 7 nitrogen and oxygen atoms in total. The first-order chi connectivity index (χ1) is 16.5. The molecule has 0 bridgehead atoms. The predicted octanol–water partition coefficient (Wildman–Crippen LogP) is 3.09. The van der Waals surface area contributed by atoms with E-state index in [1.807, 2.05) is 30.3 Å². The van der Waals surface area contributed by atoms with Crippen molar-refractivity contribution in [3.8, 4) is 5.75 Å². The van der Waals surface area contributed by atoms with Gasteiger partial charge in [0.25, 0.3) is 5.56 Å². The molecule has 0 aliphatic carbocycles. The lowest BCUT2D eigenvalue weighted by atomic mass is 9.96. The summed E-state index contributed by atoms with van der Waals surface area (Å²) in [6.45, 7) is 2.07. The van der Waals surface area contributed by atoms with Gasteiger partial charge >= 0.3 is 5.97 Å². The number of benzene rings is 2. The van der Waals surface area contributed by atoms with Crippen LogP contribution in [0, 0.1) is 0 Å². The van der Waals surface area contributed by atoms with Gasteiger partial charge in [0.05, 0.1) is 29.5 Å². The van der Waals surface area contributed by atoms with E-state index in [2.05, 4.69) is 4.99 Å². The molecule has 0 saturated carbocycles. The third kappa shape index (κ3) is 4.57. The highest BCUT2D eigenvalue weighted by Gasteiger charge is 2.34. The minimum atomic E-state index is -0.778. The number of carbonyl (C=O) groups excluding carboxylic acids is 1. The van der Waals surface area contributed by atoms with Crippen LogP contribution in [0.2, 0.25) is 5.02 Å². The fraction of sp³-hybridized carbons (Fsp3) is 0.240. The minimum absolute atomic E-state index is 0.0829. The van der Waals surface area contributed by atoms with Gasteiger partial charge in [-0.05, 0) is 30.7 Å². The van der Waals surface area contributed by atoms with E-state index in [0.717, 1.165) is 5.56 Å². The molecule has 1 aliphatic rings. The monoisotopic (exact) mass is 498 g/mol. The number of halogens is 1. The number of nitrogens with zero attached hydrogens (tertiary/aromatic N) is 2. The molecule has 9 heteroatoms. The molecule has 0 radical (unpaired) electrons. The maximum absolute atomic E-state index is 13.7. The zero-order valence-electron chi connectivity index (χ0n) is 18.9. The molecule has 1 atom stereocenters. The maximum atomic E-state index is 13.7. The van der Waals surface area contributed by atoms with E-state index >= 15 is 0 Å². The zero-order chi connectivity index (χ0) is 24.2. The molecule has 34 heavy (non-hydrogen) atoms. The highest BCUT2D eigenvalue weighted by Crippen LogP contribution is 2.34. The van der Waals surface area contributed by atoms with E-state index in [4.69, 9.17) is 25.8 Å². The minimum Gasteiger partial charge on any atom is -0.496 e. The van der Waals surface area contributed by atoms with Gasteiger partial charge in [-0.3, -0.25) is 9.36 Å². The van der Waals surface area contributed by atoms with Crippen LogP contribution >= 0.6 is 22.9 Å². The number of aromatic nitrogens is 1. The van der Waals surface area contributed by atoms with Crippen LogP contribution in [-0.4, -0.2) is 38.0 Å². The van der Waals surface area contributed by atoms with Gasteiger partial charge in [0.15, 0.2) is 4.80 Å². The normalized spacial score (nSPS) is 15.6. The average molecular weight is 499 g/mol. The third-order valence-electron chi connectivity index (χ3n) is 5.39. The Morgan fingerprint density at radius 3 is 2.62 bits per heavy atom. The molecule has 0 saturated heterocycles. The molecule has 176 valence electrons. The average Bonchev–Trinajstić information content (AvgIpc) is 3.13. The Bertz CT molecular complexity index is 1440. The number of hydrogen-bond donors (Lipinski definition) is 0. The number of methoxy groups -OCH3 is 2. The summed E-state index contributed by atoms with van der Waals surface area (Å²) in [5.41, 5.74) is 1.83. The molecule has 0 amide bonds. The van der Waals surface area contributed by atoms with Crippen molar-refractivity contribution in [2.75, 3.05) is 27.4 Å². The summed E-state index contributed by atoms with van der Waals surface area (Å²) >= 11 is 7.78. The van der Waals surface area contributed by atoms with E-state index in [-0.39, 0.29) is 24.3 Å². The van der Waals surface area contributed by atoms with Crippen LogP contribution in [0.3, 0.4) is 0 Å². The van der Waals surface area contributed by atoms with Crippen molar-refractivity contribution in [1.29, 1.82) is 0 Å². The number of esters is 1. The van der Waals surface area contributed by atoms with Crippen molar-refractivity contribution < 1.29 is 19.0 Å². The number of allylic oxidation sites excluding steroid dienone is 1. The molecular weight excluding hydrogens is 476 g/mol. The fourth-order valence-electron chi connectivity index (χ4n) is 3.80. The van der Waals surface area contributed by atoms with Crippen LogP contribution in [0.25, 0.3) is 6.08 Å². The van der Waals surface area contributed by atoms with Crippen molar-refractivity contribution in [2.24, 2.45) is 4.99 Å². The van der Waals surface area contributed by atoms with Crippen molar-refractivity contribution >= 4 is 35.0 Å². The van der Waals surface area contributed by atoms with Crippen LogP contribution in [0.15, 0.2) is 69.6 Å². The molecule has 2 heterocycles. The second-order valence-electron chi connectivity index (χ2n) is 7.47. The highest BCUT2D eigenvalue weighted by atomic mass is 35.5. The number of ether oxygens (including phenoxy) is 3. The van der Waals surface area contributed by atoms with Crippen LogP contribution in [0.1, 0.15) is 24.1 Å². The smallest absolute Gasteiger partial charge is 0.338 e. The lowest BCUT2D eigenvalue weighted by Gasteiger charge is -2.25. The van der Waals surface area contributed by atoms with E-state index in [9.17, 15) is 9.59 Å². The fourth-order valence-corrected chi connectivity index (χ4v) is 5.07. The summed E-state index contributed by atoms with van der Waals surface area (Å²) < 4.78 is 17.8. The van der Waals surface area contributed by atoms with E-state index < -0.39 is 12.0 Å². The van der Waals surface area contributed by atoms with Gasteiger partial charge in [0.1, 0.15) is 18.4 Å². The summed E-state index contributed by atoms with van der Waals surface area (Å²) in [6, 6.07) is 13.8. The van der Waals surface area contributed by atoms with Crippen molar-refractivity contribution in [3.63, 3.8) is 0 Å². The number of fused-ring (bicyclic) bond motifs is 1. The Kier molecular flexibility index (Phi) is 7.31. The van der Waals surface area contributed by atoms with Gasteiger partial charge in [-0.25, -0.2) is 9.79 Å². The molecule has 0 spiro atoms. The Morgan fingerprint density at radius 2 is 1.88 bits per heavy atom. The molecule has 3 aromatic rings. The summed E-state index contributed by atoms with van der Waals surface area (Å²) in [5.74, 6) is 0.0804. The SMILES string of the molecule is COCCOC(=O)C1=C(C)N=c2s/c(=C\c3ccccc3OC)c(=O)n2C1c1ccccc1Cl. The molecule has 1 unspecified atom stereocenters. The Balaban J connectivity index is 1.92. The second kappa shape index (κ2) is 10.4. The lowest BCUT2D eigenvalue weighted by molar-refractivity contribution is -0.140. The van der Waals surface area contributed by atoms with E-state index in [1.54, 1.807) is 38.3 Å². The third-order valence-corrected chi connectivity index (χ3v) is 6.71. The largest absolute Gasteiger partial charge is 0.496 e. The number of rotatable bonds is 7. The summed E-state index contributed by atoms with van der Waals surface area (Å²) in [7, 11) is 3.11. The first-order valence-electron chi connectivity index (χ1n) is 10.5. The first kappa shape index (κ1) is 23.9. The van der Waals surface area contributed by atoms with Crippen LogP contribution < -0.4 is 19.6 Å². The summed E-state index contributed by atoms with van der Waals surface area (Å²) in [6.07, 6.45) is 1.77. The Hall–Kier alpha value is -3.20. The Morgan fingerprint density at radius 1 is 1.15 bits per heavy atom. The summed E-state index contributed by atoms with van der Waals surface area (Å²) in [4.78, 5) is 31.8. The molecule has 1 aliphatic heterocycles. The van der Waals surface area contributed by atoms with Gasteiger partial charge < -0.3 is 14.2 Å².